The van der Waals surface area contributed by atoms with Crippen LogP contribution in [0.5, 0.6) is 0 Å². The molecule has 0 aliphatic rings. The Labute approximate surface area is 280 Å². The van der Waals surface area contributed by atoms with E-state index in [1.165, 1.54) is 38.5 Å². The first-order chi connectivity index (χ1) is 22.5. The number of nitrogens with two attached hydrogens (primary N) is 6. The Bertz CT molecular complexity index is 1110. The first kappa shape index (κ1) is 41.1. The van der Waals surface area contributed by atoms with Crippen LogP contribution in [0.15, 0.2) is 22.5 Å². The van der Waals surface area contributed by atoms with E-state index in [1.807, 2.05) is 6.20 Å². The second-order valence-corrected chi connectivity index (χ2v) is 12.2. The highest BCUT2D eigenvalue weighted by molar-refractivity contribution is 5.92. The van der Waals surface area contributed by atoms with Crippen LogP contribution < -0.4 is 49.6 Å². The molecule has 0 bridgehead atoms. The smallest absolute Gasteiger partial charge is 0.243 e. The van der Waals surface area contributed by atoms with Gasteiger partial charge in [0, 0.05) is 19.5 Å². The lowest BCUT2D eigenvalue weighted by atomic mass is 10.1. The van der Waals surface area contributed by atoms with Gasteiger partial charge in [0.1, 0.15) is 24.0 Å². The molecule has 0 radical (unpaired) electrons. The Kier molecular flexibility index (Phi) is 21.3. The minimum Gasteiger partial charge on any atom is -0.370 e. The van der Waals surface area contributed by atoms with Gasteiger partial charge >= 0.3 is 0 Å². The minimum atomic E-state index is -1.00. The maximum atomic E-state index is 13.7. The molecule has 0 aromatic carbocycles. The van der Waals surface area contributed by atoms with E-state index in [9.17, 15) is 14.4 Å². The summed E-state index contributed by atoms with van der Waals surface area (Å²) in [5.41, 5.74) is 34.3. The van der Waals surface area contributed by atoms with Crippen molar-refractivity contribution in [3.8, 4) is 0 Å². The Morgan fingerprint density at radius 2 is 1.30 bits per heavy atom. The monoisotopic (exact) mass is 664 g/mol. The third kappa shape index (κ3) is 18.8. The van der Waals surface area contributed by atoms with Crippen molar-refractivity contribution in [2.24, 2.45) is 44.4 Å². The molecule has 15 heteroatoms. The van der Waals surface area contributed by atoms with Gasteiger partial charge in [0.2, 0.25) is 24.0 Å². The number of amides is 3. The van der Waals surface area contributed by atoms with Crippen molar-refractivity contribution in [3.05, 3.63) is 18.2 Å². The number of aromatic nitrogens is 2. The van der Waals surface area contributed by atoms with Crippen molar-refractivity contribution < 1.29 is 19.0 Å². The van der Waals surface area contributed by atoms with Crippen molar-refractivity contribution in [1.29, 1.82) is 0 Å². The van der Waals surface area contributed by atoms with Crippen LogP contribution in [0.25, 0.3) is 0 Å². The molecule has 1 aromatic rings. The van der Waals surface area contributed by atoms with Gasteiger partial charge in [-0.2, -0.15) is 0 Å². The van der Waals surface area contributed by atoms with Crippen LogP contribution >= 0.6 is 0 Å². The highest BCUT2D eigenvalue weighted by Crippen LogP contribution is 2.11. The second kappa shape index (κ2) is 24.3. The third-order valence-electron chi connectivity index (χ3n) is 7.95. The zero-order chi connectivity index (χ0) is 35.0. The summed E-state index contributed by atoms with van der Waals surface area (Å²) >= 11 is 0. The van der Waals surface area contributed by atoms with Gasteiger partial charge in [-0.15, -0.1) is 0 Å². The average molecular weight is 664 g/mol. The Morgan fingerprint density at radius 3 is 1.87 bits per heavy atom. The zero-order valence-electron chi connectivity index (χ0n) is 28.8. The summed E-state index contributed by atoms with van der Waals surface area (Å²) in [4.78, 5) is 47.1. The lowest BCUT2D eigenvalue weighted by Crippen LogP contribution is -2.56. The number of rotatable bonds is 27. The fraction of sp³-hybridized carbons (Fsp3) is 0.750. The number of hydrogen-bond acceptors (Lipinski definition) is 6. The summed E-state index contributed by atoms with van der Waals surface area (Å²) in [5, 5.41) is 5.58. The van der Waals surface area contributed by atoms with Gasteiger partial charge in [0.05, 0.1) is 19.1 Å². The summed E-state index contributed by atoms with van der Waals surface area (Å²) in [6.45, 7) is 6.66. The number of carbonyl (C=O) groups is 3. The molecule has 3 amide bonds. The molecule has 0 spiro atoms. The quantitative estimate of drug-likeness (QED) is 0.0277. The highest BCUT2D eigenvalue weighted by atomic mass is 16.2. The van der Waals surface area contributed by atoms with E-state index in [1.54, 1.807) is 0 Å². The molecule has 0 fully saturated rings. The summed E-state index contributed by atoms with van der Waals surface area (Å²) in [7, 11) is 0. The van der Waals surface area contributed by atoms with E-state index in [4.69, 9.17) is 34.4 Å². The summed E-state index contributed by atoms with van der Waals surface area (Å²) < 4.78 is 4.33. The third-order valence-corrected chi connectivity index (χ3v) is 7.95. The predicted octanol–water partition coefficient (Wildman–Crippen LogP) is 0.148. The molecule has 0 aliphatic carbocycles. The van der Waals surface area contributed by atoms with Crippen LogP contribution in [0, 0.1) is 0 Å². The number of unbranched alkanes of at least 4 members (excludes halogenated alkanes) is 8. The van der Waals surface area contributed by atoms with Gasteiger partial charge in [-0.1, -0.05) is 52.4 Å². The highest BCUT2D eigenvalue weighted by Gasteiger charge is 2.30. The van der Waals surface area contributed by atoms with Crippen molar-refractivity contribution >= 4 is 29.6 Å². The molecule has 1 rings (SSSR count). The number of aliphatic imine (C=N–C) groups is 2. The largest absolute Gasteiger partial charge is 0.370 e. The van der Waals surface area contributed by atoms with Crippen molar-refractivity contribution in [3.63, 3.8) is 0 Å². The maximum absolute atomic E-state index is 13.7. The van der Waals surface area contributed by atoms with Gasteiger partial charge in [0.25, 0.3) is 0 Å². The molecule has 1 aromatic heterocycles. The molecule has 0 saturated heterocycles. The molecule has 1 heterocycles. The van der Waals surface area contributed by atoms with Gasteiger partial charge in [-0.05, 0) is 51.4 Å². The minimum absolute atomic E-state index is 0.0337. The van der Waals surface area contributed by atoms with Crippen LogP contribution in [0.3, 0.4) is 0 Å². The number of aryl methyl sites for hydroxylation is 2. The first-order valence-electron chi connectivity index (χ1n) is 17.3. The molecule has 47 heavy (non-hydrogen) atoms. The standard InChI is InChI=1S/C32H62N12O3/c1-3-5-7-9-11-19-43-22-24(44(23-43)20-12-10-8-6-4-2)21-27(42-29(46)25(33)15-13-17-39-31(35)36)30(47)41-26(28(34)45)16-14-18-40-32(37)38/h22-23,25-27H,3-21,33H2,1-2H3,(H11-,34,35,36,37,38,39,40,41,42,45,46,47)/p+1/t25-,26-,27-/m0/s1. The van der Waals surface area contributed by atoms with Crippen LogP contribution in [0.1, 0.15) is 109 Å². The Hall–Kier alpha value is -3.88. The zero-order valence-corrected chi connectivity index (χ0v) is 28.8. The molecule has 268 valence electrons. The number of hydrogen-bond donors (Lipinski definition) is 8. The van der Waals surface area contributed by atoms with Gasteiger partial charge in [0.15, 0.2) is 11.9 Å². The number of nitrogens with one attached hydrogen (secondary N) is 2. The lowest BCUT2D eigenvalue weighted by Gasteiger charge is -2.23. The van der Waals surface area contributed by atoms with E-state index in [-0.39, 0.29) is 31.3 Å². The Morgan fingerprint density at radius 1 is 0.745 bits per heavy atom. The number of primary amides is 1. The summed E-state index contributed by atoms with van der Waals surface area (Å²) in [5.74, 6) is -1.80. The molecule has 3 atom stereocenters. The van der Waals surface area contributed by atoms with Crippen molar-refractivity contribution in [2.45, 2.75) is 141 Å². The molecule has 0 aliphatic heterocycles. The van der Waals surface area contributed by atoms with Crippen LogP contribution in [0.2, 0.25) is 0 Å². The van der Waals surface area contributed by atoms with E-state index < -0.39 is 35.8 Å². The molecular formula is C32H63N12O3+. The fourth-order valence-electron chi connectivity index (χ4n) is 5.24. The number of guanidine groups is 2. The SMILES string of the molecule is CCCCCCCn1c[n+](CCCCCCC)cc1C[C@H](NC(=O)[C@@H](N)CCCN=C(N)N)C(=O)N[C@@H](CCCN=C(N)N)C(N)=O. The van der Waals surface area contributed by atoms with E-state index in [0.717, 1.165) is 44.5 Å². The van der Waals surface area contributed by atoms with Crippen LogP contribution in [0.4, 0.5) is 0 Å². The summed E-state index contributed by atoms with van der Waals surface area (Å²) in [6.07, 6.45) is 17.3. The van der Waals surface area contributed by atoms with Crippen LogP contribution in [-0.4, -0.2) is 65.4 Å². The fourth-order valence-corrected chi connectivity index (χ4v) is 5.24. The van der Waals surface area contributed by atoms with Gasteiger partial charge in [-0.25, -0.2) is 9.13 Å². The van der Waals surface area contributed by atoms with Crippen molar-refractivity contribution in [1.82, 2.24) is 15.2 Å². The van der Waals surface area contributed by atoms with Gasteiger partial charge < -0.3 is 45.0 Å². The average Bonchev–Trinajstić information content (AvgIpc) is 3.40. The molecule has 0 saturated carbocycles. The Balaban J connectivity index is 3.20. The first-order valence-corrected chi connectivity index (χ1v) is 17.3. The molecular weight excluding hydrogens is 600 g/mol. The topological polar surface area (TPSA) is 265 Å². The van der Waals surface area contributed by atoms with Crippen LogP contribution in [-0.2, 0) is 33.9 Å². The number of imidazole rings is 1. The second-order valence-electron chi connectivity index (χ2n) is 12.2. The molecule has 15 nitrogen and oxygen atoms in total. The molecule has 14 N–H and O–H groups in total. The molecule has 0 unspecified atom stereocenters. The van der Waals surface area contributed by atoms with Crippen molar-refractivity contribution in [2.75, 3.05) is 13.1 Å². The van der Waals surface area contributed by atoms with E-state index in [2.05, 4.69) is 49.9 Å². The number of carbonyl (C=O) groups excluding carboxylic acids is 3. The normalized spacial score (nSPS) is 12.9. The predicted molar refractivity (Wildman–Crippen MR) is 187 cm³/mol. The maximum Gasteiger partial charge on any atom is 0.243 e. The van der Waals surface area contributed by atoms with E-state index >= 15 is 0 Å². The summed E-state index contributed by atoms with van der Waals surface area (Å²) in [6, 6.07) is -2.86. The van der Waals surface area contributed by atoms with E-state index in [0.29, 0.717) is 25.8 Å². The lowest BCUT2D eigenvalue weighted by molar-refractivity contribution is -0.697. The van der Waals surface area contributed by atoms with Gasteiger partial charge in [-0.3, -0.25) is 24.4 Å². The number of nitrogens with zero attached hydrogens (tertiary/aromatic N) is 4.